The maximum absolute atomic E-state index is 2.36. The van der Waals surface area contributed by atoms with E-state index in [1.807, 2.05) is 0 Å². The topological polar surface area (TPSA) is 0 Å². The number of hydrogen-bond donors (Lipinski definition) is 0. The predicted octanol–water partition coefficient (Wildman–Crippen LogP) is 6.84. The summed E-state index contributed by atoms with van der Waals surface area (Å²) in [7, 11) is 0. The van der Waals surface area contributed by atoms with Gasteiger partial charge in [0, 0.05) is 0 Å². The monoisotopic (exact) mass is 274 g/mol. The molecule has 0 aromatic heterocycles. The molecule has 0 spiro atoms. The third-order valence-electron chi connectivity index (χ3n) is 3.83. The molecule has 0 atom stereocenters. The fraction of sp³-hybridized carbons (Fsp3) is 0.700. The Hall–Kier alpha value is -0.780. The number of rotatable bonds is 2. The maximum Gasteiger partial charge on any atom is -0.00621 e. The smallest absolute Gasteiger partial charge is 0.00621 e. The summed E-state index contributed by atoms with van der Waals surface area (Å²) >= 11 is 0. The molecule has 0 saturated heterocycles. The summed E-state index contributed by atoms with van der Waals surface area (Å²) in [6.07, 6.45) is 9.43. The van der Waals surface area contributed by atoms with Gasteiger partial charge in [0.15, 0.2) is 0 Å². The van der Waals surface area contributed by atoms with Gasteiger partial charge in [-0.3, -0.25) is 0 Å². The lowest BCUT2D eigenvalue weighted by atomic mass is 9.81. The van der Waals surface area contributed by atoms with Gasteiger partial charge in [0.1, 0.15) is 0 Å². The Labute approximate surface area is 127 Å². The van der Waals surface area contributed by atoms with E-state index in [-0.39, 0.29) is 0 Å². The zero-order chi connectivity index (χ0) is 15.6. The summed E-state index contributed by atoms with van der Waals surface area (Å²) < 4.78 is 0. The van der Waals surface area contributed by atoms with E-state index in [0.717, 1.165) is 6.42 Å². The summed E-state index contributed by atoms with van der Waals surface area (Å²) in [4.78, 5) is 0. The van der Waals surface area contributed by atoms with Gasteiger partial charge in [0.05, 0.1) is 0 Å². The summed E-state index contributed by atoms with van der Waals surface area (Å²) in [5.74, 6) is 0. The lowest BCUT2D eigenvalue weighted by Gasteiger charge is -2.25. The Kier molecular flexibility index (Phi) is 5.46. The first-order valence-corrected chi connectivity index (χ1v) is 8.01. The van der Waals surface area contributed by atoms with E-state index in [1.165, 1.54) is 19.3 Å². The van der Waals surface area contributed by atoms with Gasteiger partial charge in [-0.25, -0.2) is 0 Å². The Balaban J connectivity index is 2.92. The normalized spacial score (nSPS) is 22.0. The summed E-state index contributed by atoms with van der Waals surface area (Å²) in [5, 5.41) is 0. The lowest BCUT2D eigenvalue weighted by molar-refractivity contribution is 0.406. The Morgan fingerprint density at radius 2 is 1.40 bits per heavy atom. The lowest BCUT2D eigenvalue weighted by Crippen LogP contribution is -2.09. The first-order valence-electron chi connectivity index (χ1n) is 8.01. The molecule has 1 aliphatic carbocycles. The first kappa shape index (κ1) is 17.3. The molecule has 0 nitrogen and oxygen atoms in total. The van der Waals surface area contributed by atoms with Crippen LogP contribution in [0.5, 0.6) is 0 Å². The van der Waals surface area contributed by atoms with Gasteiger partial charge in [-0.15, -0.1) is 0 Å². The van der Waals surface area contributed by atoms with E-state index in [1.54, 1.807) is 22.3 Å². The molecular formula is C20H34. The van der Waals surface area contributed by atoms with Crippen LogP contribution in [0.25, 0.3) is 0 Å². The molecule has 0 aromatic rings. The van der Waals surface area contributed by atoms with Crippen molar-refractivity contribution in [2.24, 2.45) is 10.8 Å². The molecule has 0 aliphatic heterocycles. The van der Waals surface area contributed by atoms with Crippen LogP contribution in [-0.2, 0) is 0 Å². The van der Waals surface area contributed by atoms with Gasteiger partial charge in [-0.05, 0) is 55.9 Å². The van der Waals surface area contributed by atoms with E-state index in [0.29, 0.717) is 10.8 Å². The van der Waals surface area contributed by atoms with Gasteiger partial charge in [-0.1, -0.05) is 70.4 Å². The van der Waals surface area contributed by atoms with Crippen LogP contribution in [-0.4, -0.2) is 0 Å². The Bertz CT molecular complexity index is 428. The van der Waals surface area contributed by atoms with Gasteiger partial charge < -0.3 is 0 Å². The third kappa shape index (κ3) is 6.11. The molecule has 0 bridgehead atoms. The largest absolute Gasteiger partial charge is 0.0802 e. The van der Waals surface area contributed by atoms with E-state index in [4.69, 9.17) is 0 Å². The quantitative estimate of drug-likeness (QED) is 0.483. The minimum atomic E-state index is 0.382. The van der Waals surface area contributed by atoms with Crippen LogP contribution in [0.3, 0.4) is 0 Å². The van der Waals surface area contributed by atoms with Crippen LogP contribution in [0.2, 0.25) is 0 Å². The molecule has 0 radical (unpaired) electrons. The zero-order valence-electron chi connectivity index (χ0n) is 15.0. The number of allylic oxidation sites excluding steroid dienone is 6. The second-order valence-electron chi connectivity index (χ2n) is 8.95. The summed E-state index contributed by atoms with van der Waals surface area (Å²) in [6.45, 7) is 18.6. The fourth-order valence-electron chi connectivity index (χ4n) is 3.15. The molecular weight excluding hydrogens is 240 g/mol. The van der Waals surface area contributed by atoms with Crippen molar-refractivity contribution < 1.29 is 0 Å². The second-order valence-corrected chi connectivity index (χ2v) is 8.95. The predicted molar refractivity (Wildman–Crippen MR) is 91.9 cm³/mol. The van der Waals surface area contributed by atoms with Crippen molar-refractivity contribution in [1.82, 2.24) is 0 Å². The minimum absolute atomic E-state index is 0.382. The highest BCUT2D eigenvalue weighted by atomic mass is 14.2. The Morgan fingerprint density at radius 1 is 0.900 bits per heavy atom. The van der Waals surface area contributed by atoms with Gasteiger partial charge in [0.25, 0.3) is 0 Å². The molecule has 0 fully saturated rings. The molecule has 0 unspecified atom stereocenters. The maximum atomic E-state index is 2.36. The molecule has 0 N–H and O–H groups in total. The van der Waals surface area contributed by atoms with Crippen molar-refractivity contribution in [2.75, 3.05) is 0 Å². The first-order chi connectivity index (χ1) is 8.98. The molecule has 1 aliphatic rings. The number of hydrogen-bond acceptors (Lipinski definition) is 0. The average Bonchev–Trinajstić information content (AvgIpc) is 2.24. The van der Waals surface area contributed by atoms with Crippen LogP contribution in [0.4, 0.5) is 0 Å². The zero-order valence-corrected chi connectivity index (χ0v) is 15.0. The van der Waals surface area contributed by atoms with Crippen molar-refractivity contribution in [3.8, 4) is 0 Å². The van der Waals surface area contributed by atoms with Crippen molar-refractivity contribution in [3.05, 3.63) is 34.4 Å². The highest BCUT2D eigenvalue weighted by Gasteiger charge is 2.18. The molecule has 0 heteroatoms. The summed E-state index contributed by atoms with van der Waals surface area (Å²) in [5.41, 5.74) is 7.13. The average molecular weight is 274 g/mol. The molecule has 0 heterocycles. The second kappa shape index (κ2) is 6.33. The van der Waals surface area contributed by atoms with Crippen molar-refractivity contribution in [3.63, 3.8) is 0 Å². The van der Waals surface area contributed by atoms with Crippen LogP contribution in [0.15, 0.2) is 34.4 Å². The molecule has 0 saturated carbocycles. The van der Waals surface area contributed by atoms with Crippen molar-refractivity contribution in [1.29, 1.82) is 0 Å². The molecule has 0 amide bonds. The fourth-order valence-corrected chi connectivity index (χ4v) is 3.15. The van der Waals surface area contributed by atoms with Crippen LogP contribution in [0.1, 0.15) is 81.1 Å². The van der Waals surface area contributed by atoms with Crippen LogP contribution < -0.4 is 0 Å². The molecule has 20 heavy (non-hydrogen) atoms. The van der Waals surface area contributed by atoms with E-state index >= 15 is 0 Å². The molecule has 0 aromatic carbocycles. The highest BCUT2D eigenvalue weighted by molar-refractivity contribution is 5.37. The Morgan fingerprint density at radius 3 is 1.90 bits per heavy atom. The van der Waals surface area contributed by atoms with Crippen LogP contribution >= 0.6 is 0 Å². The highest BCUT2D eigenvalue weighted by Crippen LogP contribution is 2.34. The van der Waals surface area contributed by atoms with Crippen LogP contribution in [0, 0.1) is 10.8 Å². The van der Waals surface area contributed by atoms with E-state index < -0.39 is 0 Å². The minimum Gasteiger partial charge on any atom is -0.0802 e. The van der Waals surface area contributed by atoms with Gasteiger partial charge in [-0.2, -0.15) is 0 Å². The van der Waals surface area contributed by atoms with E-state index in [9.17, 15) is 0 Å². The standard InChI is InChI=1S/C20H34/c1-15(13-19(3,4)5)17-10-9-11-18(12-17)16(2)14-20(6,7)8/h9-10H,11-14H2,1-8H3. The van der Waals surface area contributed by atoms with Crippen molar-refractivity contribution >= 4 is 0 Å². The van der Waals surface area contributed by atoms with E-state index in [2.05, 4.69) is 67.5 Å². The SMILES string of the molecule is CC(CC(C)(C)C)=C1C=CCC(=C(C)CC(C)(C)C)C1. The molecule has 1 rings (SSSR count). The van der Waals surface area contributed by atoms with Gasteiger partial charge >= 0.3 is 0 Å². The summed E-state index contributed by atoms with van der Waals surface area (Å²) in [6, 6.07) is 0. The molecule has 114 valence electrons. The van der Waals surface area contributed by atoms with Gasteiger partial charge in [0.2, 0.25) is 0 Å². The van der Waals surface area contributed by atoms with Crippen molar-refractivity contribution in [2.45, 2.75) is 81.1 Å². The third-order valence-corrected chi connectivity index (χ3v) is 3.83.